The zero-order valence-electron chi connectivity index (χ0n) is 7.03. The predicted molar refractivity (Wildman–Crippen MR) is 41.2 cm³/mol. The van der Waals surface area contributed by atoms with E-state index in [9.17, 15) is 5.11 Å². The predicted octanol–water partition coefficient (Wildman–Crippen LogP) is 0.153. The van der Waals surface area contributed by atoms with Gasteiger partial charge in [0.1, 0.15) is 6.10 Å². The topological polar surface area (TPSA) is 49.7 Å². The first kappa shape index (κ1) is 8.97. The van der Waals surface area contributed by atoms with Crippen molar-refractivity contribution in [2.24, 2.45) is 5.92 Å². The highest BCUT2D eigenvalue weighted by Crippen LogP contribution is 2.28. The normalized spacial score (nSPS) is 44.7. The zero-order chi connectivity index (χ0) is 8.43. The van der Waals surface area contributed by atoms with Gasteiger partial charge >= 0.3 is 0 Å². The van der Waals surface area contributed by atoms with Crippen LogP contribution in [0.25, 0.3) is 0 Å². The molecule has 0 amide bonds. The van der Waals surface area contributed by atoms with E-state index in [4.69, 9.17) is 9.84 Å². The highest BCUT2D eigenvalue weighted by Gasteiger charge is 2.39. The first-order chi connectivity index (χ1) is 5.20. The molecule has 0 radical (unpaired) electrons. The third-order valence-corrected chi connectivity index (χ3v) is 2.46. The van der Waals surface area contributed by atoms with E-state index in [1.54, 1.807) is 0 Å². The molecule has 3 nitrogen and oxygen atoms in total. The van der Waals surface area contributed by atoms with Crippen molar-refractivity contribution in [1.29, 1.82) is 0 Å². The Morgan fingerprint density at radius 3 is 2.36 bits per heavy atom. The second-order valence-corrected chi connectivity index (χ2v) is 3.12. The second-order valence-electron chi connectivity index (χ2n) is 3.12. The first-order valence-electron chi connectivity index (χ1n) is 4.15. The van der Waals surface area contributed by atoms with Crippen LogP contribution in [0.3, 0.4) is 0 Å². The van der Waals surface area contributed by atoms with Gasteiger partial charge in [-0.3, -0.25) is 0 Å². The van der Waals surface area contributed by atoms with Crippen LogP contribution in [0.1, 0.15) is 20.3 Å². The Bertz CT molecular complexity index is 127. The maximum Gasteiger partial charge on any atom is 0.107 e. The van der Waals surface area contributed by atoms with Gasteiger partial charge in [0.2, 0.25) is 0 Å². The Hall–Kier alpha value is -0.120. The molecule has 66 valence electrons. The van der Waals surface area contributed by atoms with E-state index in [2.05, 4.69) is 0 Å². The Labute approximate surface area is 67.0 Å². The van der Waals surface area contributed by atoms with E-state index in [1.165, 1.54) is 0 Å². The molecule has 0 aromatic carbocycles. The van der Waals surface area contributed by atoms with Gasteiger partial charge in [0.15, 0.2) is 0 Å². The zero-order valence-corrected chi connectivity index (χ0v) is 7.03. The van der Waals surface area contributed by atoms with Gasteiger partial charge in [-0.05, 0) is 13.3 Å². The van der Waals surface area contributed by atoms with E-state index in [-0.39, 0.29) is 24.7 Å². The van der Waals surface area contributed by atoms with Crippen molar-refractivity contribution >= 4 is 0 Å². The van der Waals surface area contributed by atoms with E-state index < -0.39 is 6.10 Å². The molecular formula is C8H16O3. The smallest absolute Gasteiger partial charge is 0.107 e. The quantitative estimate of drug-likeness (QED) is 0.604. The Kier molecular flexibility index (Phi) is 2.87. The monoisotopic (exact) mass is 160 g/mol. The van der Waals surface area contributed by atoms with Gasteiger partial charge < -0.3 is 14.9 Å². The number of hydrogen-bond donors (Lipinski definition) is 2. The standard InChI is InChI=1S/C8H16O3/c1-3-6-5(2)11-7(4-9)8(6)10/h5-10H,3-4H2,1-2H3/t5-,6+,7+,8?/m0/s1. The molecular weight excluding hydrogens is 144 g/mol. The van der Waals surface area contributed by atoms with Crippen molar-refractivity contribution in [2.75, 3.05) is 6.61 Å². The van der Waals surface area contributed by atoms with Crippen LogP contribution in [0.15, 0.2) is 0 Å². The third-order valence-electron chi connectivity index (χ3n) is 2.46. The van der Waals surface area contributed by atoms with Crippen LogP contribution in [-0.4, -0.2) is 35.1 Å². The first-order valence-corrected chi connectivity index (χ1v) is 4.15. The summed E-state index contributed by atoms with van der Waals surface area (Å²) in [5, 5.41) is 18.3. The number of aliphatic hydroxyl groups excluding tert-OH is 2. The van der Waals surface area contributed by atoms with Gasteiger partial charge in [-0.2, -0.15) is 0 Å². The molecule has 1 rings (SSSR count). The summed E-state index contributed by atoms with van der Waals surface area (Å²) in [6.07, 6.45) is 0.126. The molecule has 1 unspecified atom stereocenters. The molecule has 1 aliphatic rings. The van der Waals surface area contributed by atoms with Gasteiger partial charge in [0.05, 0.1) is 18.8 Å². The fourth-order valence-corrected chi connectivity index (χ4v) is 1.73. The number of rotatable bonds is 2. The van der Waals surface area contributed by atoms with Crippen LogP contribution in [0.5, 0.6) is 0 Å². The molecule has 1 saturated heterocycles. The summed E-state index contributed by atoms with van der Waals surface area (Å²) >= 11 is 0. The minimum Gasteiger partial charge on any atom is -0.394 e. The maximum absolute atomic E-state index is 9.53. The molecule has 0 spiro atoms. The fraction of sp³-hybridized carbons (Fsp3) is 1.00. The van der Waals surface area contributed by atoms with E-state index in [1.807, 2.05) is 13.8 Å². The minimum absolute atomic E-state index is 0.0761. The van der Waals surface area contributed by atoms with Gasteiger partial charge in [-0.15, -0.1) is 0 Å². The number of aliphatic hydroxyl groups is 2. The van der Waals surface area contributed by atoms with Crippen molar-refractivity contribution in [3.05, 3.63) is 0 Å². The Morgan fingerprint density at radius 2 is 2.09 bits per heavy atom. The van der Waals surface area contributed by atoms with Crippen molar-refractivity contribution < 1.29 is 14.9 Å². The molecule has 1 fully saturated rings. The van der Waals surface area contributed by atoms with Gasteiger partial charge in [0, 0.05) is 5.92 Å². The molecule has 11 heavy (non-hydrogen) atoms. The van der Waals surface area contributed by atoms with Gasteiger partial charge in [-0.1, -0.05) is 6.92 Å². The average Bonchev–Trinajstić information content (AvgIpc) is 2.26. The lowest BCUT2D eigenvalue weighted by Crippen LogP contribution is -2.29. The average molecular weight is 160 g/mol. The summed E-state index contributed by atoms with van der Waals surface area (Å²) in [6, 6.07) is 0. The van der Waals surface area contributed by atoms with Crippen molar-refractivity contribution in [3.63, 3.8) is 0 Å². The van der Waals surface area contributed by atoms with Crippen LogP contribution in [0.4, 0.5) is 0 Å². The number of hydrogen-bond acceptors (Lipinski definition) is 3. The van der Waals surface area contributed by atoms with Gasteiger partial charge in [-0.25, -0.2) is 0 Å². The van der Waals surface area contributed by atoms with Crippen molar-refractivity contribution in [2.45, 2.75) is 38.6 Å². The molecule has 0 saturated carbocycles. The summed E-state index contributed by atoms with van der Waals surface area (Å²) in [5.41, 5.74) is 0. The van der Waals surface area contributed by atoms with E-state index >= 15 is 0 Å². The Balaban J connectivity index is 2.55. The lowest BCUT2D eigenvalue weighted by atomic mass is 9.95. The number of ether oxygens (including phenoxy) is 1. The van der Waals surface area contributed by atoms with E-state index in [0.717, 1.165) is 6.42 Å². The third kappa shape index (κ3) is 1.55. The molecule has 3 heteroatoms. The van der Waals surface area contributed by atoms with Gasteiger partial charge in [0.25, 0.3) is 0 Å². The molecule has 0 aliphatic carbocycles. The fourth-order valence-electron chi connectivity index (χ4n) is 1.73. The summed E-state index contributed by atoms with van der Waals surface area (Å²) < 4.78 is 5.33. The van der Waals surface area contributed by atoms with Crippen molar-refractivity contribution in [1.82, 2.24) is 0 Å². The van der Waals surface area contributed by atoms with Crippen LogP contribution < -0.4 is 0 Å². The second kappa shape index (κ2) is 3.52. The molecule has 2 N–H and O–H groups in total. The van der Waals surface area contributed by atoms with Crippen LogP contribution in [-0.2, 0) is 4.74 Å². The molecule has 0 aromatic heterocycles. The molecule has 0 aromatic rings. The SMILES string of the molecule is CC[C@H]1C(O)[C@@H](CO)O[C@H]1C. The highest BCUT2D eigenvalue weighted by atomic mass is 16.5. The molecule has 4 atom stereocenters. The Morgan fingerprint density at radius 1 is 1.45 bits per heavy atom. The summed E-state index contributed by atoms with van der Waals surface area (Å²) in [7, 11) is 0. The summed E-state index contributed by atoms with van der Waals surface area (Å²) in [5.74, 6) is 0.187. The lowest BCUT2D eigenvalue weighted by molar-refractivity contribution is -0.0170. The highest BCUT2D eigenvalue weighted by molar-refractivity contribution is 4.87. The van der Waals surface area contributed by atoms with Crippen molar-refractivity contribution in [3.8, 4) is 0 Å². The molecule has 0 bridgehead atoms. The molecule has 1 aliphatic heterocycles. The van der Waals surface area contributed by atoms with Crippen LogP contribution in [0.2, 0.25) is 0 Å². The summed E-state index contributed by atoms with van der Waals surface area (Å²) in [6.45, 7) is 3.88. The minimum atomic E-state index is -0.486. The molecule has 1 heterocycles. The largest absolute Gasteiger partial charge is 0.394 e. The van der Waals surface area contributed by atoms with Crippen LogP contribution >= 0.6 is 0 Å². The van der Waals surface area contributed by atoms with Crippen LogP contribution in [0, 0.1) is 5.92 Å². The lowest BCUT2D eigenvalue weighted by Gasteiger charge is -2.14. The maximum atomic E-state index is 9.53. The van der Waals surface area contributed by atoms with E-state index in [0.29, 0.717) is 0 Å². The summed E-state index contributed by atoms with van der Waals surface area (Å²) in [4.78, 5) is 0.